The largest absolute Gasteiger partial charge is 0.379 e. The first-order chi connectivity index (χ1) is 15.9. The molecule has 1 aliphatic rings. The summed E-state index contributed by atoms with van der Waals surface area (Å²) in [5.74, 6) is 0.466. The summed E-state index contributed by atoms with van der Waals surface area (Å²) in [6, 6.07) is 13.0. The number of aromatic nitrogens is 2. The highest BCUT2D eigenvalue weighted by atomic mass is 16.5. The van der Waals surface area contributed by atoms with E-state index in [4.69, 9.17) is 9.72 Å². The molecule has 0 bridgehead atoms. The summed E-state index contributed by atoms with van der Waals surface area (Å²) in [5.41, 5.74) is 2.81. The molecule has 1 aliphatic heterocycles. The summed E-state index contributed by atoms with van der Waals surface area (Å²) in [7, 11) is 0. The summed E-state index contributed by atoms with van der Waals surface area (Å²) < 4.78 is 7.22. The highest BCUT2D eigenvalue weighted by molar-refractivity contribution is 5.97. The zero-order valence-electron chi connectivity index (χ0n) is 19.6. The quantitative estimate of drug-likeness (QED) is 0.530. The summed E-state index contributed by atoms with van der Waals surface area (Å²) >= 11 is 0. The molecule has 1 aromatic heterocycles. The van der Waals surface area contributed by atoms with Gasteiger partial charge in [0.1, 0.15) is 0 Å². The predicted molar refractivity (Wildman–Crippen MR) is 132 cm³/mol. The number of amides is 1. The highest BCUT2D eigenvalue weighted by Crippen LogP contribution is 2.24. The average Bonchev–Trinajstić information content (AvgIpc) is 3.33. The molecule has 0 atom stereocenters. The number of aryl methyl sites for hydroxylation is 1. The van der Waals surface area contributed by atoms with Crippen LogP contribution in [-0.2, 0) is 4.74 Å². The van der Waals surface area contributed by atoms with Gasteiger partial charge in [0.25, 0.3) is 11.5 Å². The van der Waals surface area contributed by atoms with Crippen molar-refractivity contribution in [2.24, 2.45) is 0 Å². The number of ether oxygens (including phenoxy) is 1. The third kappa shape index (κ3) is 5.25. The minimum Gasteiger partial charge on any atom is -0.379 e. The molecule has 1 fully saturated rings. The van der Waals surface area contributed by atoms with Crippen molar-refractivity contribution < 1.29 is 9.53 Å². The fourth-order valence-electron chi connectivity index (χ4n) is 4.14. The van der Waals surface area contributed by atoms with E-state index in [0.29, 0.717) is 35.6 Å². The van der Waals surface area contributed by atoms with Gasteiger partial charge in [-0.15, -0.1) is 0 Å². The SMILES string of the molecule is Cc1cccc(-n2c(N3CCCC3)nc3cc(C(=O)NCCCOC(C)C)ccc3c2=O)c1. The third-order valence-corrected chi connectivity index (χ3v) is 5.82. The zero-order chi connectivity index (χ0) is 23.4. The van der Waals surface area contributed by atoms with Crippen LogP contribution in [-0.4, -0.2) is 47.8 Å². The molecule has 3 aromatic rings. The van der Waals surface area contributed by atoms with Gasteiger partial charge < -0.3 is 15.0 Å². The van der Waals surface area contributed by atoms with E-state index in [1.807, 2.05) is 45.0 Å². The molecule has 0 aliphatic carbocycles. The molecule has 7 nitrogen and oxygen atoms in total. The van der Waals surface area contributed by atoms with Crippen LogP contribution in [0.2, 0.25) is 0 Å². The van der Waals surface area contributed by atoms with Crippen LogP contribution < -0.4 is 15.8 Å². The van der Waals surface area contributed by atoms with Gasteiger partial charge in [0.05, 0.1) is 22.7 Å². The van der Waals surface area contributed by atoms with Gasteiger partial charge in [-0.05, 0) is 75.9 Å². The van der Waals surface area contributed by atoms with Gasteiger partial charge in [0.15, 0.2) is 0 Å². The van der Waals surface area contributed by atoms with Gasteiger partial charge in [-0.3, -0.25) is 9.59 Å². The first-order valence-electron chi connectivity index (χ1n) is 11.7. The standard InChI is InChI=1S/C26H32N4O3/c1-18(2)33-15-7-12-27-24(31)20-10-11-22-23(17-20)28-26(29-13-4-5-14-29)30(25(22)32)21-9-6-8-19(3)16-21/h6,8-11,16-18H,4-5,7,12-15H2,1-3H3,(H,27,31). The van der Waals surface area contributed by atoms with E-state index in [1.165, 1.54) is 0 Å². The van der Waals surface area contributed by atoms with E-state index >= 15 is 0 Å². The molecule has 174 valence electrons. The van der Waals surface area contributed by atoms with Crippen molar-refractivity contribution in [1.29, 1.82) is 0 Å². The summed E-state index contributed by atoms with van der Waals surface area (Å²) in [5, 5.41) is 3.43. The Morgan fingerprint density at radius 3 is 2.67 bits per heavy atom. The number of nitrogens with zero attached hydrogens (tertiary/aromatic N) is 3. The average molecular weight is 449 g/mol. The lowest BCUT2D eigenvalue weighted by molar-refractivity contribution is 0.0757. The maximum absolute atomic E-state index is 13.6. The summed E-state index contributed by atoms with van der Waals surface area (Å²) in [6.07, 6.45) is 3.08. The number of nitrogens with one attached hydrogen (secondary N) is 1. The van der Waals surface area contributed by atoms with Crippen LogP contribution in [0.5, 0.6) is 0 Å². The molecule has 7 heteroatoms. The van der Waals surface area contributed by atoms with Crippen LogP contribution in [0, 0.1) is 6.92 Å². The van der Waals surface area contributed by atoms with Crippen molar-refractivity contribution in [3.05, 3.63) is 63.9 Å². The predicted octanol–water partition coefficient (Wildman–Crippen LogP) is 3.84. The van der Waals surface area contributed by atoms with Crippen molar-refractivity contribution in [2.45, 2.75) is 46.1 Å². The number of benzene rings is 2. The van der Waals surface area contributed by atoms with Gasteiger partial charge >= 0.3 is 0 Å². The van der Waals surface area contributed by atoms with Crippen molar-refractivity contribution in [2.75, 3.05) is 31.1 Å². The second kappa shape index (κ2) is 10.2. The molecular weight excluding hydrogens is 416 g/mol. The van der Waals surface area contributed by atoms with Crippen LogP contribution in [0.4, 0.5) is 5.95 Å². The van der Waals surface area contributed by atoms with E-state index in [9.17, 15) is 9.59 Å². The van der Waals surface area contributed by atoms with Crippen LogP contribution in [0.3, 0.4) is 0 Å². The fraction of sp³-hybridized carbons (Fsp3) is 0.423. The van der Waals surface area contributed by atoms with Crippen molar-refractivity contribution in [3.63, 3.8) is 0 Å². The van der Waals surface area contributed by atoms with Crippen LogP contribution in [0.1, 0.15) is 49.0 Å². The van der Waals surface area contributed by atoms with Crippen molar-refractivity contribution >= 4 is 22.8 Å². The van der Waals surface area contributed by atoms with Crippen molar-refractivity contribution in [1.82, 2.24) is 14.9 Å². The molecule has 1 saturated heterocycles. The molecule has 0 radical (unpaired) electrons. The molecule has 2 aromatic carbocycles. The second-order valence-electron chi connectivity index (χ2n) is 8.85. The zero-order valence-corrected chi connectivity index (χ0v) is 19.6. The molecule has 0 saturated carbocycles. The lowest BCUT2D eigenvalue weighted by atomic mass is 10.1. The maximum atomic E-state index is 13.6. The minimum atomic E-state index is -0.172. The molecule has 0 spiro atoms. The van der Waals surface area contributed by atoms with E-state index in [0.717, 1.165) is 43.6 Å². The molecule has 4 rings (SSSR count). The van der Waals surface area contributed by atoms with Crippen LogP contribution >= 0.6 is 0 Å². The monoisotopic (exact) mass is 448 g/mol. The molecule has 0 unspecified atom stereocenters. The van der Waals surface area contributed by atoms with E-state index in [1.54, 1.807) is 22.8 Å². The number of fused-ring (bicyclic) bond motifs is 1. The lowest BCUT2D eigenvalue weighted by Crippen LogP contribution is -2.30. The van der Waals surface area contributed by atoms with Gasteiger partial charge in [0, 0.05) is 31.8 Å². The smallest absolute Gasteiger partial charge is 0.267 e. The maximum Gasteiger partial charge on any atom is 0.267 e. The van der Waals surface area contributed by atoms with Crippen LogP contribution in [0.25, 0.3) is 16.6 Å². The Bertz CT molecular complexity index is 1200. The van der Waals surface area contributed by atoms with Gasteiger partial charge in [-0.1, -0.05) is 12.1 Å². The van der Waals surface area contributed by atoms with Gasteiger partial charge in [-0.25, -0.2) is 9.55 Å². The number of hydrogen-bond acceptors (Lipinski definition) is 5. The summed E-state index contributed by atoms with van der Waals surface area (Å²) in [6.45, 7) is 8.86. The Balaban J connectivity index is 1.67. The first kappa shape index (κ1) is 23.0. The number of anilines is 1. The molecule has 1 N–H and O–H groups in total. The Morgan fingerprint density at radius 2 is 1.94 bits per heavy atom. The molecular formula is C26H32N4O3. The Hall–Kier alpha value is -3.19. The number of carbonyl (C=O) groups excluding carboxylic acids is 1. The van der Waals surface area contributed by atoms with E-state index in [2.05, 4.69) is 10.2 Å². The fourth-order valence-corrected chi connectivity index (χ4v) is 4.14. The van der Waals surface area contributed by atoms with Crippen molar-refractivity contribution in [3.8, 4) is 5.69 Å². The Kier molecular flexibility index (Phi) is 7.08. The lowest BCUT2D eigenvalue weighted by Gasteiger charge is -2.22. The number of rotatable bonds is 8. The number of carbonyl (C=O) groups is 1. The van der Waals surface area contributed by atoms with Gasteiger partial charge in [-0.2, -0.15) is 0 Å². The van der Waals surface area contributed by atoms with Crippen LogP contribution in [0.15, 0.2) is 47.3 Å². The topological polar surface area (TPSA) is 76.5 Å². The third-order valence-electron chi connectivity index (χ3n) is 5.82. The second-order valence-corrected chi connectivity index (χ2v) is 8.85. The molecule has 33 heavy (non-hydrogen) atoms. The first-order valence-corrected chi connectivity index (χ1v) is 11.7. The van der Waals surface area contributed by atoms with E-state index < -0.39 is 0 Å². The normalized spacial score (nSPS) is 13.8. The number of hydrogen-bond donors (Lipinski definition) is 1. The van der Waals surface area contributed by atoms with E-state index in [-0.39, 0.29) is 17.6 Å². The minimum absolute atomic E-state index is 0.120. The molecule has 1 amide bonds. The highest BCUT2D eigenvalue weighted by Gasteiger charge is 2.21. The Morgan fingerprint density at radius 1 is 1.15 bits per heavy atom. The Labute approximate surface area is 194 Å². The summed E-state index contributed by atoms with van der Waals surface area (Å²) in [4.78, 5) is 33.3. The molecule has 2 heterocycles. The van der Waals surface area contributed by atoms with Gasteiger partial charge in [0.2, 0.25) is 5.95 Å².